The Labute approximate surface area is 117 Å². The predicted octanol–water partition coefficient (Wildman–Crippen LogP) is 0.938. The highest BCUT2D eigenvalue weighted by Gasteiger charge is 2.06. The van der Waals surface area contributed by atoms with Crippen LogP contribution in [0.25, 0.3) is 0 Å². The second-order valence-corrected chi connectivity index (χ2v) is 4.78. The number of H-pyrrole nitrogens is 1. The summed E-state index contributed by atoms with van der Waals surface area (Å²) in [7, 11) is 1.57. The van der Waals surface area contributed by atoms with Crippen molar-refractivity contribution in [2.75, 3.05) is 12.8 Å². The summed E-state index contributed by atoms with van der Waals surface area (Å²) in [4.78, 5) is 25.0. The van der Waals surface area contributed by atoms with Crippen molar-refractivity contribution in [1.82, 2.24) is 9.55 Å². The molecule has 0 aliphatic heterocycles. The van der Waals surface area contributed by atoms with Crippen LogP contribution in [0.4, 0.5) is 5.69 Å². The van der Waals surface area contributed by atoms with Gasteiger partial charge in [0.05, 0.1) is 13.7 Å². The largest absolute Gasteiger partial charge is 0.497 e. The molecular weight excluding hydrogens is 314 g/mol. The Morgan fingerprint density at radius 2 is 2.16 bits per heavy atom. The number of rotatable bonds is 3. The summed E-state index contributed by atoms with van der Waals surface area (Å²) in [6.07, 6.45) is 1.33. The zero-order chi connectivity index (χ0) is 14.0. The molecule has 0 unspecified atom stereocenters. The number of halogens is 1. The van der Waals surface area contributed by atoms with E-state index >= 15 is 0 Å². The first-order chi connectivity index (χ1) is 9.01. The first-order valence-electron chi connectivity index (χ1n) is 5.43. The minimum Gasteiger partial charge on any atom is -0.497 e. The summed E-state index contributed by atoms with van der Waals surface area (Å²) >= 11 is 3.40. The van der Waals surface area contributed by atoms with Crippen LogP contribution in [0.1, 0.15) is 5.56 Å². The maximum absolute atomic E-state index is 11.7. The van der Waals surface area contributed by atoms with Gasteiger partial charge in [-0.25, -0.2) is 4.79 Å². The van der Waals surface area contributed by atoms with Gasteiger partial charge >= 0.3 is 5.69 Å². The molecule has 100 valence electrons. The molecule has 1 aromatic carbocycles. The van der Waals surface area contributed by atoms with E-state index in [4.69, 9.17) is 10.5 Å². The van der Waals surface area contributed by atoms with E-state index in [1.54, 1.807) is 19.2 Å². The molecule has 2 aromatic rings. The quantitative estimate of drug-likeness (QED) is 0.878. The molecule has 0 saturated heterocycles. The third-order valence-electron chi connectivity index (χ3n) is 2.63. The Kier molecular flexibility index (Phi) is 3.75. The van der Waals surface area contributed by atoms with Crippen LogP contribution in [0.15, 0.2) is 38.5 Å². The number of nitrogens with zero attached hydrogens (tertiary/aromatic N) is 1. The minimum absolute atomic E-state index is 0.00128. The SMILES string of the molecule is COc1ccc(Br)c(Cn2cc(N)c(=O)[nH]c2=O)c1. The number of nitrogen functional groups attached to an aromatic ring is 1. The Balaban J connectivity index is 2.44. The number of benzene rings is 1. The molecule has 0 bridgehead atoms. The van der Waals surface area contributed by atoms with Crippen molar-refractivity contribution < 1.29 is 4.74 Å². The number of nitrogens with one attached hydrogen (secondary N) is 1. The molecule has 7 heteroatoms. The smallest absolute Gasteiger partial charge is 0.328 e. The molecule has 0 aliphatic rings. The van der Waals surface area contributed by atoms with E-state index in [2.05, 4.69) is 20.9 Å². The highest BCUT2D eigenvalue weighted by molar-refractivity contribution is 9.10. The highest BCUT2D eigenvalue weighted by Crippen LogP contribution is 2.22. The lowest BCUT2D eigenvalue weighted by atomic mass is 10.2. The molecule has 0 radical (unpaired) electrons. The molecule has 0 amide bonds. The second-order valence-electron chi connectivity index (χ2n) is 3.93. The van der Waals surface area contributed by atoms with E-state index in [1.165, 1.54) is 10.8 Å². The van der Waals surface area contributed by atoms with Crippen LogP contribution in [0.3, 0.4) is 0 Å². The first kappa shape index (κ1) is 13.4. The molecule has 3 N–H and O–H groups in total. The Bertz CT molecular complexity index is 721. The van der Waals surface area contributed by atoms with E-state index in [-0.39, 0.29) is 12.2 Å². The van der Waals surface area contributed by atoms with Crippen LogP contribution in [0.2, 0.25) is 0 Å². The Hall–Kier alpha value is -2.02. The molecule has 0 aliphatic carbocycles. The van der Waals surface area contributed by atoms with Gasteiger partial charge in [0, 0.05) is 10.7 Å². The van der Waals surface area contributed by atoms with Gasteiger partial charge in [0.2, 0.25) is 0 Å². The number of anilines is 1. The number of ether oxygens (including phenoxy) is 1. The summed E-state index contributed by atoms with van der Waals surface area (Å²) in [5.41, 5.74) is 5.25. The summed E-state index contributed by atoms with van der Waals surface area (Å²) in [6.45, 7) is 0.275. The molecule has 1 aromatic heterocycles. The fourth-order valence-corrected chi connectivity index (χ4v) is 2.00. The molecule has 0 atom stereocenters. The lowest BCUT2D eigenvalue weighted by Crippen LogP contribution is -2.31. The molecular formula is C12H12BrN3O3. The van der Waals surface area contributed by atoms with E-state index < -0.39 is 11.2 Å². The average molecular weight is 326 g/mol. The van der Waals surface area contributed by atoms with Crippen molar-refractivity contribution in [3.8, 4) is 5.75 Å². The zero-order valence-corrected chi connectivity index (χ0v) is 11.7. The topological polar surface area (TPSA) is 90.1 Å². The fourth-order valence-electron chi connectivity index (χ4n) is 1.63. The van der Waals surface area contributed by atoms with Gasteiger partial charge in [0.1, 0.15) is 11.4 Å². The van der Waals surface area contributed by atoms with Crippen molar-refractivity contribution in [2.45, 2.75) is 6.54 Å². The molecule has 6 nitrogen and oxygen atoms in total. The maximum Gasteiger partial charge on any atom is 0.328 e. The molecule has 2 rings (SSSR count). The van der Waals surface area contributed by atoms with Crippen LogP contribution in [-0.2, 0) is 6.54 Å². The molecule has 0 fully saturated rings. The second kappa shape index (κ2) is 5.31. The zero-order valence-electron chi connectivity index (χ0n) is 10.1. The third-order valence-corrected chi connectivity index (χ3v) is 3.41. The summed E-state index contributed by atoms with van der Waals surface area (Å²) in [5, 5.41) is 0. The van der Waals surface area contributed by atoms with Gasteiger partial charge in [-0.05, 0) is 23.8 Å². The van der Waals surface area contributed by atoms with Gasteiger partial charge in [0.25, 0.3) is 5.56 Å². The van der Waals surface area contributed by atoms with Crippen molar-refractivity contribution in [1.29, 1.82) is 0 Å². The summed E-state index contributed by atoms with van der Waals surface area (Å²) < 4.78 is 7.30. The molecule has 1 heterocycles. The minimum atomic E-state index is -0.578. The first-order valence-corrected chi connectivity index (χ1v) is 6.22. The van der Waals surface area contributed by atoms with Crippen LogP contribution in [0, 0.1) is 0 Å². The predicted molar refractivity (Wildman–Crippen MR) is 75.5 cm³/mol. The third kappa shape index (κ3) is 2.87. The van der Waals surface area contributed by atoms with E-state index in [9.17, 15) is 9.59 Å². The Morgan fingerprint density at radius 1 is 1.42 bits per heavy atom. The van der Waals surface area contributed by atoms with Crippen LogP contribution in [0.5, 0.6) is 5.75 Å². The van der Waals surface area contributed by atoms with Crippen LogP contribution >= 0.6 is 15.9 Å². The van der Waals surface area contributed by atoms with Crippen LogP contribution < -0.4 is 21.7 Å². The summed E-state index contributed by atoms with van der Waals surface area (Å²) in [5.74, 6) is 0.684. The number of methoxy groups -OCH3 is 1. The standard InChI is InChI=1S/C12H12BrN3O3/c1-19-8-2-3-9(13)7(4-8)5-16-6-10(14)11(17)15-12(16)18/h2-4,6H,5,14H2,1H3,(H,15,17,18). The van der Waals surface area contributed by atoms with Gasteiger partial charge in [0.15, 0.2) is 0 Å². The van der Waals surface area contributed by atoms with Gasteiger partial charge in [-0.15, -0.1) is 0 Å². The molecule has 0 spiro atoms. The Morgan fingerprint density at radius 3 is 2.84 bits per heavy atom. The molecule has 0 saturated carbocycles. The fraction of sp³-hybridized carbons (Fsp3) is 0.167. The van der Waals surface area contributed by atoms with E-state index in [0.29, 0.717) is 5.75 Å². The van der Waals surface area contributed by atoms with E-state index in [1.807, 2.05) is 6.07 Å². The highest BCUT2D eigenvalue weighted by atomic mass is 79.9. The lowest BCUT2D eigenvalue weighted by molar-refractivity contribution is 0.414. The number of hydrogen-bond acceptors (Lipinski definition) is 4. The number of nitrogens with two attached hydrogens (primary N) is 1. The number of aromatic amines is 1. The monoisotopic (exact) mass is 325 g/mol. The van der Waals surface area contributed by atoms with Crippen molar-refractivity contribution >= 4 is 21.6 Å². The van der Waals surface area contributed by atoms with Gasteiger partial charge in [-0.1, -0.05) is 15.9 Å². The average Bonchev–Trinajstić information content (AvgIpc) is 2.38. The van der Waals surface area contributed by atoms with Crippen molar-refractivity contribution in [3.05, 3.63) is 55.3 Å². The van der Waals surface area contributed by atoms with E-state index in [0.717, 1.165) is 10.0 Å². The maximum atomic E-state index is 11.7. The lowest BCUT2D eigenvalue weighted by Gasteiger charge is -2.09. The van der Waals surface area contributed by atoms with Crippen molar-refractivity contribution in [2.24, 2.45) is 0 Å². The van der Waals surface area contributed by atoms with Gasteiger partial charge in [-0.3, -0.25) is 14.3 Å². The number of aromatic nitrogens is 2. The van der Waals surface area contributed by atoms with Gasteiger partial charge in [-0.2, -0.15) is 0 Å². The normalized spacial score (nSPS) is 10.4. The van der Waals surface area contributed by atoms with Crippen LogP contribution in [-0.4, -0.2) is 16.7 Å². The summed E-state index contributed by atoms with van der Waals surface area (Å²) in [6, 6.07) is 5.43. The van der Waals surface area contributed by atoms with Crippen molar-refractivity contribution in [3.63, 3.8) is 0 Å². The molecule has 19 heavy (non-hydrogen) atoms. The van der Waals surface area contributed by atoms with Gasteiger partial charge < -0.3 is 10.5 Å². The number of hydrogen-bond donors (Lipinski definition) is 2.